The van der Waals surface area contributed by atoms with Gasteiger partial charge in [0, 0.05) is 6.20 Å². The summed E-state index contributed by atoms with van der Waals surface area (Å²) in [5.41, 5.74) is 5.34. The van der Waals surface area contributed by atoms with Crippen LogP contribution in [0.4, 0.5) is 0 Å². The lowest BCUT2D eigenvalue weighted by molar-refractivity contribution is -0.133. The number of nitrogens with one attached hydrogen (secondary N) is 2. The lowest BCUT2D eigenvalue weighted by Crippen LogP contribution is -2.42. The second-order valence-corrected chi connectivity index (χ2v) is 2.76. The van der Waals surface area contributed by atoms with E-state index in [-0.39, 0.29) is 0 Å². The minimum absolute atomic E-state index is 0.354. The summed E-state index contributed by atoms with van der Waals surface area (Å²) in [5, 5.41) is 8.60. The summed E-state index contributed by atoms with van der Waals surface area (Å²) in [7, 11) is 0. The number of hydrazine groups is 1. The number of carboxylic acids is 1. The van der Waals surface area contributed by atoms with Crippen LogP contribution < -0.4 is 10.9 Å². The summed E-state index contributed by atoms with van der Waals surface area (Å²) >= 11 is 0. The fraction of sp³-hybridized carbons (Fsp3) is 0.500. The lowest BCUT2D eigenvalue weighted by Gasteiger charge is -2.18. The Bertz CT molecular complexity index is 196. The van der Waals surface area contributed by atoms with E-state index in [1.807, 2.05) is 0 Å². The molecule has 4 heteroatoms. The highest BCUT2D eigenvalue weighted by molar-refractivity contribution is 5.89. The molecule has 1 heterocycles. The fourth-order valence-electron chi connectivity index (χ4n) is 0.866. The van der Waals surface area contributed by atoms with Gasteiger partial charge in [-0.1, -0.05) is 0 Å². The Kier molecular flexibility index (Phi) is 1.40. The van der Waals surface area contributed by atoms with Crippen LogP contribution in [0, 0.1) is 0 Å². The highest BCUT2D eigenvalue weighted by Gasteiger charge is 2.31. The molecule has 1 aliphatic heterocycles. The van der Waals surface area contributed by atoms with Crippen LogP contribution in [0.5, 0.6) is 0 Å². The highest BCUT2D eigenvalue weighted by atomic mass is 16.4. The summed E-state index contributed by atoms with van der Waals surface area (Å²) < 4.78 is 0. The lowest BCUT2D eigenvalue weighted by atomic mass is 9.97. The van der Waals surface area contributed by atoms with Crippen molar-refractivity contribution in [2.75, 3.05) is 0 Å². The minimum atomic E-state index is -0.887. The molecule has 4 nitrogen and oxygen atoms in total. The predicted octanol–water partition coefficient (Wildman–Crippen LogP) is -0.159. The number of hydrogen-bond acceptors (Lipinski definition) is 3. The maximum Gasteiger partial charge on any atom is 0.335 e. The van der Waals surface area contributed by atoms with Crippen molar-refractivity contribution in [2.24, 2.45) is 0 Å². The zero-order valence-corrected chi connectivity index (χ0v) is 5.93. The zero-order valence-electron chi connectivity index (χ0n) is 5.93. The molecular formula is C6H10N2O2. The molecule has 10 heavy (non-hydrogen) atoms. The standard InChI is InChI=1S/C6H10N2O2/c1-6(2)4(5(9)10)3-7-8-6/h3,7-8H,1-2H3,(H,9,10). The number of carbonyl (C=O) groups is 1. The van der Waals surface area contributed by atoms with E-state index in [9.17, 15) is 4.79 Å². The second-order valence-electron chi connectivity index (χ2n) is 2.76. The van der Waals surface area contributed by atoms with E-state index in [1.54, 1.807) is 13.8 Å². The van der Waals surface area contributed by atoms with Gasteiger partial charge in [-0.25, -0.2) is 10.2 Å². The number of carboxylic acid groups (broad SMARTS) is 1. The van der Waals surface area contributed by atoms with Gasteiger partial charge in [-0.05, 0) is 13.8 Å². The molecule has 1 rings (SSSR count). The topological polar surface area (TPSA) is 61.4 Å². The van der Waals surface area contributed by atoms with Crippen LogP contribution >= 0.6 is 0 Å². The van der Waals surface area contributed by atoms with Gasteiger partial charge in [-0.3, -0.25) is 0 Å². The van der Waals surface area contributed by atoms with Crippen LogP contribution in [0.3, 0.4) is 0 Å². The van der Waals surface area contributed by atoms with E-state index in [0.717, 1.165) is 0 Å². The number of aliphatic carboxylic acids is 1. The molecule has 0 aromatic heterocycles. The van der Waals surface area contributed by atoms with Gasteiger partial charge in [-0.2, -0.15) is 0 Å². The summed E-state index contributed by atoms with van der Waals surface area (Å²) in [6, 6.07) is 0. The Labute approximate surface area is 58.9 Å². The molecule has 0 fully saturated rings. The van der Waals surface area contributed by atoms with Gasteiger partial charge >= 0.3 is 5.97 Å². The van der Waals surface area contributed by atoms with Gasteiger partial charge in [0.05, 0.1) is 11.1 Å². The van der Waals surface area contributed by atoms with E-state index < -0.39 is 11.5 Å². The van der Waals surface area contributed by atoms with Crippen LogP contribution in [0.2, 0.25) is 0 Å². The first-order chi connectivity index (χ1) is 4.54. The SMILES string of the molecule is CC1(C)NNC=C1C(=O)O. The van der Waals surface area contributed by atoms with Crippen LogP contribution in [0.15, 0.2) is 11.8 Å². The van der Waals surface area contributed by atoms with Crippen LogP contribution in [-0.4, -0.2) is 16.6 Å². The largest absolute Gasteiger partial charge is 0.478 e. The molecule has 0 radical (unpaired) electrons. The average molecular weight is 142 g/mol. The van der Waals surface area contributed by atoms with Gasteiger partial charge in [0.1, 0.15) is 0 Å². The van der Waals surface area contributed by atoms with Crippen molar-refractivity contribution in [2.45, 2.75) is 19.4 Å². The van der Waals surface area contributed by atoms with Crippen molar-refractivity contribution in [1.82, 2.24) is 10.9 Å². The zero-order chi connectivity index (χ0) is 7.78. The van der Waals surface area contributed by atoms with Crippen molar-refractivity contribution in [3.05, 3.63) is 11.8 Å². The molecule has 0 aliphatic carbocycles. The Morgan fingerprint density at radius 2 is 2.30 bits per heavy atom. The molecule has 0 aromatic rings. The minimum Gasteiger partial charge on any atom is -0.478 e. The second kappa shape index (κ2) is 1.98. The van der Waals surface area contributed by atoms with Gasteiger partial charge < -0.3 is 10.5 Å². The first-order valence-corrected chi connectivity index (χ1v) is 3.01. The Morgan fingerprint density at radius 1 is 1.70 bits per heavy atom. The first-order valence-electron chi connectivity index (χ1n) is 3.01. The van der Waals surface area contributed by atoms with Gasteiger partial charge in [0.15, 0.2) is 0 Å². The van der Waals surface area contributed by atoms with Crippen LogP contribution in [0.1, 0.15) is 13.8 Å². The maximum atomic E-state index is 10.5. The molecule has 1 aliphatic rings. The van der Waals surface area contributed by atoms with E-state index >= 15 is 0 Å². The highest BCUT2D eigenvalue weighted by Crippen LogP contribution is 2.17. The van der Waals surface area contributed by atoms with Crippen molar-refractivity contribution in [3.63, 3.8) is 0 Å². The summed E-state index contributed by atoms with van der Waals surface area (Å²) in [6.45, 7) is 3.60. The third-order valence-electron chi connectivity index (χ3n) is 1.50. The van der Waals surface area contributed by atoms with Crippen molar-refractivity contribution in [1.29, 1.82) is 0 Å². The van der Waals surface area contributed by atoms with Gasteiger partial charge in [0.25, 0.3) is 0 Å². The average Bonchev–Trinajstić information content (AvgIpc) is 2.08. The monoisotopic (exact) mass is 142 g/mol. The molecule has 3 N–H and O–H groups in total. The first kappa shape index (κ1) is 7.08. The summed E-state index contributed by atoms with van der Waals surface area (Å²) in [5.74, 6) is -0.887. The van der Waals surface area contributed by atoms with E-state index in [1.165, 1.54) is 6.20 Å². The van der Waals surface area contributed by atoms with Crippen LogP contribution in [0.25, 0.3) is 0 Å². The molecule has 0 saturated heterocycles. The molecule has 0 aromatic carbocycles. The molecule has 0 atom stereocenters. The quantitative estimate of drug-likeness (QED) is 0.476. The van der Waals surface area contributed by atoms with Gasteiger partial charge in [0.2, 0.25) is 0 Å². The predicted molar refractivity (Wildman–Crippen MR) is 36.1 cm³/mol. The normalized spacial score (nSPS) is 21.6. The molecule has 0 saturated carbocycles. The number of rotatable bonds is 1. The molecule has 56 valence electrons. The van der Waals surface area contributed by atoms with Gasteiger partial charge in [-0.15, -0.1) is 0 Å². The smallest absolute Gasteiger partial charge is 0.335 e. The van der Waals surface area contributed by atoms with Crippen molar-refractivity contribution < 1.29 is 9.90 Å². The van der Waals surface area contributed by atoms with E-state index in [4.69, 9.17) is 5.11 Å². The Hall–Kier alpha value is -1.03. The molecule has 0 amide bonds. The third-order valence-corrected chi connectivity index (χ3v) is 1.50. The molecule has 0 bridgehead atoms. The third kappa shape index (κ3) is 0.974. The summed E-state index contributed by atoms with van der Waals surface area (Å²) in [4.78, 5) is 10.5. The maximum absolute atomic E-state index is 10.5. The Balaban J connectivity index is 2.85. The van der Waals surface area contributed by atoms with E-state index in [2.05, 4.69) is 10.9 Å². The Morgan fingerprint density at radius 3 is 2.50 bits per heavy atom. The molecular weight excluding hydrogens is 132 g/mol. The van der Waals surface area contributed by atoms with Crippen molar-refractivity contribution in [3.8, 4) is 0 Å². The van der Waals surface area contributed by atoms with Crippen LogP contribution in [-0.2, 0) is 4.79 Å². The summed E-state index contributed by atoms with van der Waals surface area (Å²) in [6.07, 6.45) is 1.46. The fourth-order valence-corrected chi connectivity index (χ4v) is 0.866. The van der Waals surface area contributed by atoms with E-state index in [0.29, 0.717) is 5.57 Å². The molecule has 0 unspecified atom stereocenters. The number of hydrogen-bond donors (Lipinski definition) is 3. The van der Waals surface area contributed by atoms with Crippen molar-refractivity contribution >= 4 is 5.97 Å². The molecule has 0 spiro atoms.